The van der Waals surface area contributed by atoms with E-state index in [0.717, 1.165) is 6.08 Å². The summed E-state index contributed by atoms with van der Waals surface area (Å²) in [7, 11) is 0. The van der Waals surface area contributed by atoms with Crippen molar-refractivity contribution in [2.45, 2.75) is 27.2 Å². The van der Waals surface area contributed by atoms with E-state index in [9.17, 15) is 9.59 Å². The molecule has 0 aromatic carbocycles. The van der Waals surface area contributed by atoms with E-state index in [1.165, 1.54) is 0 Å². The molecule has 0 aliphatic heterocycles. The molecule has 22 heavy (non-hydrogen) atoms. The van der Waals surface area contributed by atoms with Crippen molar-refractivity contribution in [3.63, 3.8) is 0 Å². The third kappa shape index (κ3) is 8.74. The molecule has 0 unspecified atom stereocenters. The van der Waals surface area contributed by atoms with Gasteiger partial charge in [0, 0.05) is 18.1 Å². The summed E-state index contributed by atoms with van der Waals surface area (Å²) in [5, 5.41) is 0. The molecule has 0 aromatic heterocycles. The quantitative estimate of drug-likeness (QED) is 0.203. The van der Waals surface area contributed by atoms with Gasteiger partial charge in [0.05, 0.1) is 0 Å². The molecule has 4 nitrogen and oxygen atoms in total. The summed E-state index contributed by atoms with van der Waals surface area (Å²) in [6, 6.07) is 0. The zero-order chi connectivity index (χ0) is 16.8. The summed E-state index contributed by atoms with van der Waals surface area (Å²) in [5.74, 6) is 0.192. The van der Waals surface area contributed by atoms with Crippen LogP contribution >= 0.6 is 0 Å². The van der Waals surface area contributed by atoms with Crippen LogP contribution in [0.1, 0.15) is 27.2 Å². The Labute approximate surface area is 132 Å². The molecule has 0 atom stereocenters. The number of carbonyl (C=O) groups is 2. The van der Waals surface area contributed by atoms with Crippen molar-refractivity contribution in [2.24, 2.45) is 0 Å². The maximum atomic E-state index is 11.9. The normalized spacial score (nSPS) is 12.7. The van der Waals surface area contributed by atoms with Crippen molar-refractivity contribution < 1.29 is 19.1 Å². The summed E-state index contributed by atoms with van der Waals surface area (Å²) in [6.45, 7) is 9.24. The second-order valence-electron chi connectivity index (χ2n) is 4.18. The fourth-order valence-corrected chi connectivity index (χ4v) is 1.52. The maximum Gasteiger partial charge on any atom is 0.330 e. The van der Waals surface area contributed by atoms with E-state index in [0.29, 0.717) is 17.8 Å². The van der Waals surface area contributed by atoms with Crippen LogP contribution in [0.25, 0.3) is 0 Å². The van der Waals surface area contributed by atoms with Gasteiger partial charge >= 0.3 is 5.97 Å². The van der Waals surface area contributed by atoms with Crippen molar-refractivity contribution in [2.75, 3.05) is 13.2 Å². The smallest absolute Gasteiger partial charge is 0.330 e. The number of allylic oxidation sites excluding steroid dienone is 7. The molecule has 0 saturated heterocycles. The van der Waals surface area contributed by atoms with Crippen LogP contribution in [0.15, 0.2) is 60.4 Å². The lowest BCUT2D eigenvalue weighted by atomic mass is 10.1. The molecule has 4 heteroatoms. The second kappa shape index (κ2) is 12.4. The first kappa shape index (κ1) is 19.6. The summed E-state index contributed by atoms with van der Waals surface area (Å²) in [6.07, 6.45) is 12.1. The van der Waals surface area contributed by atoms with Crippen LogP contribution in [-0.4, -0.2) is 25.0 Å². The Morgan fingerprint density at radius 1 is 1.00 bits per heavy atom. The minimum Gasteiger partial charge on any atom is -0.490 e. The monoisotopic (exact) mass is 304 g/mol. The van der Waals surface area contributed by atoms with Crippen molar-refractivity contribution >= 4 is 11.8 Å². The Hall–Kier alpha value is -2.36. The minimum atomic E-state index is -0.477. The molecule has 0 saturated carbocycles. The number of hydrogen-bond donors (Lipinski definition) is 0. The van der Waals surface area contributed by atoms with Gasteiger partial charge in [0.15, 0.2) is 5.78 Å². The van der Waals surface area contributed by atoms with Crippen LogP contribution in [0.4, 0.5) is 0 Å². The minimum absolute atomic E-state index is 0.0483. The predicted molar refractivity (Wildman–Crippen MR) is 88.2 cm³/mol. The van der Waals surface area contributed by atoms with E-state index >= 15 is 0 Å². The molecule has 0 fully saturated rings. The zero-order valence-electron chi connectivity index (χ0n) is 13.5. The van der Waals surface area contributed by atoms with E-state index in [1.807, 2.05) is 26.8 Å². The summed E-state index contributed by atoms with van der Waals surface area (Å²) in [5.41, 5.74) is 0.687. The number of ether oxygens (including phenoxy) is 2. The van der Waals surface area contributed by atoms with Crippen LogP contribution in [0, 0.1) is 0 Å². The number of Topliss-reactive ketones (excluding diaryl/α,β-unsaturated/α-hetero) is 1. The van der Waals surface area contributed by atoms with Crippen LogP contribution in [0.3, 0.4) is 0 Å². The third-order valence-electron chi connectivity index (χ3n) is 2.61. The highest BCUT2D eigenvalue weighted by Crippen LogP contribution is 2.06. The van der Waals surface area contributed by atoms with Gasteiger partial charge < -0.3 is 9.47 Å². The molecule has 0 heterocycles. The molecule has 0 aliphatic rings. The molecular formula is C18H24O4. The molecule has 0 N–H and O–H groups in total. The van der Waals surface area contributed by atoms with Gasteiger partial charge in [-0.15, -0.1) is 0 Å². The van der Waals surface area contributed by atoms with E-state index in [1.54, 1.807) is 30.4 Å². The lowest BCUT2D eigenvalue weighted by Gasteiger charge is -2.06. The Balaban J connectivity index is 4.25. The number of carbonyl (C=O) groups excluding carboxylic acids is 2. The van der Waals surface area contributed by atoms with Crippen molar-refractivity contribution in [3.05, 3.63) is 60.4 Å². The van der Waals surface area contributed by atoms with Gasteiger partial charge in [-0.1, -0.05) is 30.9 Å². The lowest BCUT2D eigenvalue weighted by Crippen LogP contribution is -2.07. The molecular weight excluding hydrogens is 280 g/mol. The predicted octanol–water partition coefficient (Wildman–Crippen LogP) is 3.67. The van der Waals surface area contributed by atoms with Gasteiger partial charge in [-0.2, -0.15) is 0 Å². The van der Waals surface area contributed by atoms with E-state index in [-0.39, 0.29) is 19.0 Å². The van der Waals surface area contributed by atoms with Gasteiger partial charge in [0.1, 0.15) is 19.0 Å². The van der Waals surface area contributed by atoms with Crippen LogP contribution in [0.2, 0.25) is 0 Å². The Kier molecular flexibility index (Phi) is 11.1. The highest BCUT2D eigenvalue weighted by Gasteiger charge is 2.03. The van der Waals surface area contributed by atoms with Crippen LogP contribution < -0.4 is 0 Å². The molecule has 0 amide bonds. The summed E-state index contributed by atoms with van der Waals surface area (Å²) >= 11 is 0. The average Bonchev–Trinajstić information content (AvgIpc) is 2.54. The third-order valence-corrected chi connectivity index (χ3v) is 2.61. The van der Waals surface area contributed by atoms with Gasteiger partial charge in [-0.25, -0.2) is 4.79 Å². The van der Waals surface area contributed by atoms with E-state index in [4.69, 9.17) is 9.47 Å². The molecule has 0 rings (SSSR count). The molecule has 0 aliphatic carbocycles. The molecule has 0 bridgehead atoms. The maximum absolute atomic E-state index is 11.9. The lowest BCUT2D eigenvalue weighted by molar-refractivity contribution is -0.138. The van der Waals surface area contributed by atoms with E-state index in [2.05, 4.69) is 6.58 Å². The second-order valence-corrected chi connectivity index (χ2v) is 4.18. The highest BCUT2D eigenvalue weighted by atomic mass is 16.6. The van der Waals surface area contributed by atoms with Gasteiger partial charge in [-0.05, 0) is 32.9 Å². The molecule has 0 spiro atoms. The first-order chi connectivity index (χ1) is 10.6. The van der Waals surface area contributed by atoms with Gasteiger partial charge in [0.25, 0.3) is 0 Å². The molecule has 0 aromatic rings. The van der Waals surface area contributed by atoms with Crippen LogP contribution in [-0.2, 0) is 19.1 Å². The fraction of sp³-hybridized carbons (Fsp3) is 0.333. The first-order valence-corrected chi connectivity index (χ1v) is 7.16. The summed E-state index contributed by atoms with van der Waals surface area (Å²) in [4.78, 5) is 22.8. The molecule has 120 valence electrons. The first-order valence-electron chi connectivity index (χ1n) is 7.16. The standard InChI is InChI=1S/C18H24O4/c1-5-10-15(6-2)17(19)12-9-11-16(7-3)21-13-14-22-18(20)8-4/h5-11H,4,12-14H2,1-3H3/b10-5-,11-9-,15-6+,16-7+. The highest BCUT2D eigenvalue weighted by molar-refractivity contribution is 5.98. The summed E-state index contributed by atoms with van der Waals surface area (Å²) < 4.78 is 10.2. The SMILES string of the molecule is C=CC(=O)OCCOC(/C=C\CC(=O)C(/C=C\C)=C/C)=C/C. The number of esters is 1. The van der Waals surface area contributed by atoms with Gasteiger partial charge in [0.2, 0.25) is 0 Å². The number of hydrogen-bond acceptors (Lipinski definition) is 4. The Morgan fingerprint density at radius 2 is 1.68 bits per heavy atom. The van der Waals surface area contributed by atoms with E-state index < -0.39 is 5.97 Å². The topological polar surface area (TPSA) is 52.6 Å². The largest absolute Gasteiger partial charge is 0.490 e. The Morgan fingerprint density at radius 3 is 2.23 bits per heavy atom. The number of rotatable bonds is 10. The van der Waals surface area contributed by atoms with Crippen molar-refractivity contribution in [1.82, 2.24) is 0 Å². The zero-order valence-corrected chi connectivity index (χ0v) is 13.5. The van der Waals surface area contributed by atoms with Crippen molar-refractivity contribution in [3.8, 4) is 0 Å². The van der Waals surface area contributed by atoms with Crippen molar-refractivity contribution in [1.29, 1.82) is 0 Å². The average molecular weight is 304 g/mol. The Bertz CT molecular complexity index is 493. The number of ketones is 1. The van der Waals surface area contributed by atoms with Gasteiger partial charge in [-0.3, -0.25) is 4.79 Å². The van der Waals surface area contributed by atoms with Crippen LogP contribution in [0.5, 0.6) is 0 Å². The molecule has 0 radical (unpaired) electrons. The fourth-order valence-electron chi connectivity index (χ4n) is 1.52.